The molecule has 1 amide bonds. The van der Waals surface area contributed by atoms with E-state index in [1.54, 1.807) is 20.8 Å². The molecular formula is C19H27NO4. The zero-order chi connectivity index (χ0) is 17.7. The number of carboxylic acids is 1. The summed E-state index contributed by atoms with van der Waals surface area (Å²) in [6.45, 7) is 5.79. The molecule has 5 heteroatoms. The minimum atomic E-state index is -0.953. The Hall–Kier alpha value is -2.04. The Morgan fingerprint density at radius 3 is 2.50 bits per heavy atom. The summed E-state index contributed by atoms with van der Waals surface area (Å²) in [7, 11) is 0. The number of hydrogen-bond donors (Lipinski definition) is 1. The molecule has 1 aromatic carbocycles. The van der Waals surface area contributed by atoms with Crippen LogP contribution >= 0.6 is 0 Å². The SMILES string of the molecule is CC(C)(C)OC(=O)N1CCC(CCc2ccccc2)CC1C(=O)O. The Labute approximate surface area is 143 Å². The van der Waals surface area contributed by atoms with Crippen LogP contribution in [0, 0.1) is 5.92 Å². The molecule has 132 valence electrons. The van der Waals surface area contributed by atoms with E-state index in [4.69, 9.17) is 4.74 Å². The van der Waals surface area contributed by atoms with Gasteiger partial charge in [0, 0.05) is 6.54 Å². The number of carbonyl (C=O) groups excluding carboxylic acids is 1. The number of hydrogen-bond acceptors (Lipinski definition) is 3. The average Bonchev–Trinajstić information content (AvgIpc) is 2.52. The number of ether oxygens (including phenoxy) is 1. The van der Waals surface area contributed by atoms with E-state index in [0.29, 0.717) is 18.9 Å². The largest absolute Gasteiger partial charge is 0.480 e. The molecule has 24 heavy (non-hydrogen) atoms. The molecule has 5 nitrogen and oxygen atoms in total. The lowest BCUT2D eigenvalue weighted by molar-refractivity contribution is -0.145. The number of aliphatic carboxylic acids is 1. The fourth-order valence-electron chi connectivity index (χ4n) is 3.09. The van der Waals surface area contributed by atoms with Gasteiger partial charge in [-0.05, 0) is 57.9 Å². The van der Waals surface area contributed by atoms with E-state index >= 15 is 0 Å². The van der Waals surface area contributed by atoms with Crippen molar-refractivity contribution in [3.8, 4) is 0 Å². The number of likely N-dealkylation sites (tertiary alicyclic amines) is 1. The zero-order valence-electron chi connectivity index (χ0n) is 14.7. The van der Waals surface area contributed by atoms with Crippen LogP contribution in [0.25, 0.3) is 0 Å². The topological polar surface area (TPSA) is 66.8 Å². The van der Waals surface area contributed by atoms with Crippen LogP contribution < -0.4 is 0 Å². The van der Waals surface area contributed by atoms with E-state index < -0.39 is 23.7 Å². The van der Waals surface area contributed by atoms with Gasteiger partial charge < -0.3 is 9.84 Å². The molecule has 2 rings (SSSR count). The van der Waals surface area contributed by atoms with E-state index in [1.165, 1.54) is 10.5 Å². The number of benzene rings is 1. The van der Waals surface area contributed by atoms with Crippen molar-refractivity contribution in [3.05, 3.63) is 35.9 Å². The second-order valence-electron chi connectivity index (χ2n) is 7.44. The molecular weight excluding hydrogens is 306 g/mol. The van der Waals surface area contributed by atoms with Crippen molar-refractivity contribution in [2.24, 2.45) is 5.92 Å². The molecule has 0 bridgehead atoms. The van der Waals surface area contributed by atoms with Gasteiger partial charge in [-0.2, -0.15) is 0 Å². The van der Waals surface area contributed by atoms with E-state index in [2.05, 4.69) is 12.1 Å². The van der Waals surface area contributed by atoms with Gasteiger partial charge in [-0.25, -0.2) is 9.59 Å². The number of carbonyl (C=O) groups is 2. The molecule has 1 aliphatic heterocycles. The fourth-order valence-corrected chi connectivity index (χ4v) is 3.09. The smallest absolute Gasteiger partial charge is 0.411 e. The third-order valence-electron chi connectivity index (χ3n) is 4.31. The Morgan fingerprint density at radius 2 is 1.92 bits per heavy atom. The zero-order valence-corrected chi connectivity index (χ0v) is 14.7. The van der Waals surface area contributed by atoms with Crippen LogP contribution in [0.1, 0.15) is 45.6 Å². The van der Waals surface area contributed by atoms with Crippen LogP contribution in [0.3, 0.4) is 0 Å². The van der Waals surface area contributed by atoms with E-state index in [0.717, 1.165) is 19.3 Å². The normalized spacial score (nSPS) is 21.4. The fraction of sp³-hybridized carbons (Fsp3) is 0.579. The molecule has 2 unspecified atom stereocenters. The van der Waals surface area contributed by atoms with Crippen molar-refractivity contribution in [2.75, 3.05) is 6.54 Å². The van der Waals surface area contributed by atoms with Gasteiger partial charge in [-0.1, -0.05) is 30.3 Å². The summed E-state index contributed by atoms with van der Waals surface area (Å²) < 4.78 is 5.35. The third-order valence-corrected chi connectivity index (χ3v) is 4.31. The maximum Gasteiger partial charge on any atom is 0.411 e. The number of carboxylic acid groups (broad SMARTS) is 1. The molecule has 1 aromatic rings. The highest BCUT2D eigenvalue weighted by molar-refractivity contribution is 5.80. The quantitative estimate of drug-likeness (QED) is 0.912. The highest BCUT2D eigenvalue weighted by Crippen LogP contribution is 2.28. The standard InChI is InChI=1S/C19H27NO4/c1-19(2,3)24-18(23)20-12-11-15(13-16(20)17(21)22)10-9-14-7-5-4-6-8-14/h4-8,15-16H,9-13H2,1-3H3,(H,21,22). The first-order valence-corrected chi connectivity index (χ1v) is 8.52. The van der Waals surface area contributed by atoms with Gasteiger partial charge in [-0.3, -0.25) is 4.90 Å². The van der Waals surface area contributed by atoms with Gasteiger partial charge in [0.25, 0.3) is 0 Å². The summed E-state index contributed by atoms with van der Waals surface area (Å²) >= 11 is 0. The van der Waals surface area contributed by atoms with E-state index in [1.807, 2.05) is 18.2 Å². The third kappa shape index (κ3) is 5.25. The Balaban J connectivity index is 1.95. The van der Waals surface area contributed by atoms with Crippen molar-refractivity contribution in [1.29, 1.82) is 0 Å². The summed E-state index contributed by atoms with van der Waals surface area (Å²) in [6, 6.07) is 9.40. The Bertz CT molecular complexity index is 564. The number of piperidine rings is 1. The molecule has 0 aliphatic carbocycles. The number of aryl methyl sites for hydroxylation is 1. The van der Waals surface area contributed by atoms with Gasteiger partial charge in [0.1, 0.15) is 11.6 Å². The van der Waals surface area contributed by atoms with Crippen LogP contribution in [-0.4, -0.2) is 40.3 Å². The molecule has 0 saturated carbocycles. The monoisotopic (exact) mass is 333 g/mol. The summed E-state index contributed by atoms with van der Waals surface area (Å²) in [4.78, 5) is 25.2. The first kappa shape index (κ1) is 18.3. The Kier molecular flexibility index (Phi) is 5.86. The molecule has 1 heterocycles. The lowest BCUT2D eigenvalue weighted by Crippen LogP contribution is -2.51. The van der Waals surface area contributed by atoms with Crippen LogP contribution in [0.5, 0.6) is 0 Å². The lowest BCUT2D eigenvalue weighted by Gasteiger charge is -2.37. The van der Waals surface area contributed by atoms with Gasteiger partial charge in [-0.15, -0.1) is 0 Å². The molecule has 0 aromatic heterocycles. The maximum atomic E-state index is 12.3. The van der Waals surface area contributed by atoms with Crippen molar-refractivity contribution in [2.45, 2.75) is 58.1 Å². The number of rotatable bonds is 4. The first-order chi connectivity index (χ1) is 11.3. The number of amides is 1. The summed E-state index contributed by atoms with van der Waals surface area (Å²) in [5.41, 5.74) is 0.642. The molecule has 1 fully saturated rings. The molecule has 1 aliphatic rings. The summed E-state index contributed by atoms with van der Waals surface area (Å²) in [6.07, 6.45) is 2.65. The molecule has 0 radical (unpaired) electrons. The molecule has 1 N–H and O–H groups in total. The minimum absolute atomic E-state index is 0.310. The van der Waals surface area contributed by atoms with Crippen LogP contribution in [0.2, 0.25) is 0 Å². The molecule has 1 saturated heterocycles. The highest BCUT2D eigenvalue weighted by Gasteiger charge is 2.38. The van der Waals surface area contributed by atoms with Crippen molar-refractivity contribution in [1.82, 2.24) is 4.90 Å². The minimum Gasteiger partial charge on any atom is -0.480 e. The predicted octanol–water partition coefficient (Wildman–Crippen LogP) is 3.72. The van der Waals surface area contributed by atoms with Crippen LogP contribution in [0.4, 0.5) is 4.79 Å². The number of nitrogens with zero attached hydrogens (tertiary/aromatic N) is 1. The average molecular weight is 333 g/mol. The van der Waals surface area contributed by atoms with Crippen LogP contribution in [0.15, 0.2) is 30.3 Å². The molecule has 2 atom stereocenters. The predicted molar refractivity (Wildman–Crippen MR) is 91.9 cm³/mol. The van der Waals surface area contributed by atoms with E-state index in [-0.39, 0.29) is 0 Å². The van der Waals surface area contributed by atoms with Gasteiger partial charge in [0.05, 0.1) is 0 Å². The van der Waals surface area contributed by atoms with Crippen LogP contribution in [-0.2, 0) is 16.0 Å². The first-order valence-electron chi connectivity index (χ1n) is 8.52. The van der Waals surface area contributed by atoms with Gasteiger partial charge in [0.15, 0.2) is 0 Å². The van der Waals surface area contributed by atoms with Gasteiger partial charge in [0.2, 0.25) is 0 Å². The Morgan fingerprint density at radius 1 is 1.25 bits per heavy atom. The lowest BCUT2D eigenvalue weighted by atomic mass is 9.86. The van der Waals surface area contributed by atoms with Crippen molar-refractivity contribution >= 4 is 12.1 Å². The van der Waals surface area contributed by atoms with E-state index in [9.17, 15) is 14.7 Å². The summed E-state index contributed by atoms with van der Waals surface area (Å²) in [5, 5.41) is 9.51. The second kappa shape index (κ2) is 7.69. The molecule has 0 spiro atoms. The maximum absolute atomic E-state index is 12.3. The van der Waals surface area contributed by atoms with Crippen molar-refractivity contribution < 1.29 is 19.4 Å². The van der Waals surface area contributed by atoms with Gasteiger partial charge >= 0.3 is 12.1 Å². The highest BCUT2D eigenvalue weighted by atomic mass is 16.6. The summed E-state index contributed by atoms with van der Waals surface area (Å²) in [5.74, 6) is -0.643. The second-order valence-corrected chi connectivity index (χ2v) is 7.44. The van der Waals surface area contributed by atoms with Crippen molar-refractivity contribution in [3.63, 3.8) is 0 Å².